The lowest BCUT2D eigenvalue weighted by Gasteiger charge is -2.33. The fourth-order valence-electron chi connectivity index (χ4n) is 3.70. The molecule has 10 heteroatoms. The summed E-state index contributed by atoms with van der Waals surface area (Å²) in [5, 5.41) is 3.39. The van der Waals surface area contributed by atoms with E-state index >= 15 is 0 Å². The molecule has 0 aliphatic heterocycles. The van der Waals surface area contributed by atoms with E-state index in [0.717, 1.165) is 29.0 Å². The van der Waals surface area contributed by atoms with Gasteiger partial charge < -0.3 is 10.2 Å². The molecule has 0 unspecified atom stereocenters. The zero-order valence-corrected chi connectivity index (χ0v) is 22.7. The molecule has 0 aliphatic rings. The zero-order valence-electron chi connectivity index (χ0n) is 20.3. The monoisotopic (exact) mass is 541 g/mol. The largest absolute Gasteiger partial charge is 0.354 e. The van der Waals surface area contributed by atoms with Crippen molar-refractivity contribution in [1.29, 1.82) is 0 Å². The first-order chi connectivity index (χ1) is 16.6. The van der Waals surface area contributed by atoms with Gasteiger partial charge in [-0.1, -0.05) is 73.8 Å². The fraction of sp³-hybridized carbons (Fsp3) is 0.440. The Morgan fingerprint density at radius 2 is 1.66 bits per heavy atom. The molecular weight excluding hydrogens is 509 g/mol. The average Bonchev–Trinajstić information content (AvgIpc) is 2.79. The summed E-state index contributed by atoms with van der Waals surface area (Å²) in [6, 6.07) is 13.2. The van der Waals surface area contributed by atoms with E-state index in [-0.39, 0.29) is 28.2 Å². The summed E-state index contributed by atoms with van der Waals surface area (Å²) in [6.07, 6.45) is 3.68. The molecule has 0 heterocycles. The van der Waals surface area contributed by atoms with Crippen LogP contribution < -0.4 is 9.62 Å². The first kappa shape index (κ1) is 28.9. The molecule has 192 valence electrons. The minimum atomic E-state index is -3.85. The number of anilines is 1. The molecular formula is C25H33Cl2N3O4S. The van der Waals surface area contributed by atoms with Crippen LogP contribution in [0.15, 0.2) is 48.5 Å². The standard InChI is InChI=1S/C25H33Cl2N3O4S/c1-4-6-13-28-25(32)23(5-2)29(14-12-19-10-8-7-9-11-19)24(31)18-30(35(3,33)34)22-16-20(26)15-21(27)17-22/h7-11,15-17,23H,4-6,12-14,18H2,1-3H3,(H,28,32)/t23-/m0/s1. The van der Waals surface area contributed by atoms with E-state index in [1.165, 1.54) is 23.1 Å². The SMILES string of the molecule is CCCCNC(=O)[C@H](CC)N(CCc1ccccc1)C(=O)CN(c1cc(Cl)cc(Cl)c1)S(C)(=O)=O. The van der Waals surface area contributed by atoms with Gasteiger partial charge in [0.2, 0.25) is 21.8 Å². The Morgan fingerprint density at radius 3 is 2.20 bits per heavy atom. The van der Waals surface area contributed by atoms with Gasteiger partial charge in [0.15, 0.2) is 0 Å². The number of amides is 2. The van der Waals surface area contributed by atoms with Gasteiger partial charge in [0.25, 0.3) is 0 Å². The summed E-state index contributed by atoms with van der Waals surface area (Å²) >= 11 is 12.2. The third-order valence-corrected chi connectivity index (χ3v) is 7.09. The summed E-state index contributed by atoms with van der Waals surface area (Å²) in [5.74, 6) is -0.737. The van der Waals surface area contributed by atoms with Crippen LogP contribution in [0.5, 0.6) is 0 Å². The van der Waals surface area contributed by atoms with Crippen LogP contribution in [0.3, 0.4) is 0 Å². The van der Waals surface area contributed by atoms with Crippen molar-refractivity contribution in [1.82, 2.24) is 10.2 Å². The molecule has 0 aliphatic carbocycles. The number of hydrogen-bond acceptors (Lipinski definition) is 4. The van der Waals surface area contributed by atoms with Crippen LogP contribution in [-0.4, -0.2) is 57.1 Å². The molecule has 0 fully saturated rings. The van der Waals surface area contributed by atoms with E-state index < -0.39 is 28.5 Å². The number of unbranched alkanes of at least 4 members (excludes halogenated alkanes) is 1. The third kappa shape index (κ3) is 9.02. The van der Waals surface area contributed by atoms with E-state index in [1.54, 1.807) is 0 Å². The maximum Gasteiger partial charge on any atom is 0.244 e. The summed E-state index contributed by atoms with van der Waals surface area (Å²) in [5.41, 5.74) is 1.19. The number of hydrogen-bond donors (Lipinski definition) is 1. The summed E-state index contributed by atoms with van der Waals surface area (Å²) in [6.45, 7) is 4.15. The number of sulfonamides is 1. The van der Waals surface area contributed by atoms with E-state index in [2.05, 4.69) is 5.32 Å². The van der Waals surface area contributed by atoms with Crippen molar-refractivity contribution in [3.8, 4) is 0 Å². The Balaban J connectivity index is 2.35. The first-order valence-electron chi connectivity index (χ1n) is 11.6. The van der Waals surface area contributed by atoms with Gasteiger partial charge in [0.05, 0.1) is 11.9 Å². The molecule has 0 saturated heterocycles. The Labute approximate surface area is 218 Å². The highest BCUT2D eigenvalue weighted by atomic mass is 35.5. The van der Waals surface area contributed by atoms with Crippen LogP contribution in [0.2, 0.25) is 10.0 Å². The van der Waals surface area contributed by atoms with Crippen LogP contribution in [0.25, 0.3) is 0 Å². The second-order valence-electron chi connectivity index (χ2n) is 8.29. The Kier molecular flexibility index (Phi) is 11.3. The number of carbonyl (C=O) groups excluding carboxylic acids is 2. The highest BCUT2D eigenvalue weighted by Crippen LogP contribution is 2.27. The van der Waals surface area contributed by atoms with Crippen molar-refractivity contribution in [3.05, 3.63) is 64.1 Å². The summed E-state index contributed by atoms with van der Waals surface area (Å²) < 4.78 is 26.2. The number of rotatable bonds is 13. The van der Waals surface area contributed by atoms with Crippen LogP contribution in [0.1, 0.15) is 38.7 Å². The maximum atomic E-state index is 13.6. The minimum absolute atomic E-state index is 0.182. The molecule has 2 aromatic rings. The molecule has 1 atom stereocenters. The van der Waals surface area contributed by atoms with E-state index in [4.69, 9.17) is 23.2 Å². The van der Waals surface area contributed by atoms with E-state index in [1.807, 2.05) is 44.2 Å². The summed E-state index contributed by atoms with van der Waals surface area (Å²) in [4.78, 5) is 28.0. The van der Waals surface area contributed by atoms with Gasteiger partial charge in [-0.25, -0.2) is 8.42 Å². The Bertz CT molecular complexity index is 1080. The van der Waals surface area contributed by atoms with Crippen molar-refractivity contribution in [2.45, 2.75) is 45.6 Å². The highest BCUT2D eigenvalue weighted by Gasteiger charge is 2.31. The Hall–Kier alpha value is -2.29. The first-order valence-corrected chi connectivity index (χ1v) is 14.2. The van der Waals surface area contributed by atoms with Gasteiger partial charge in [-0.15, -0.1) is 0 Å². The van der Waals surface area contributed by atoms with Gasteiger partial charge >= 0.3 is 0 Å². The molecule has 7 nitrogen and oxygen atoms in total. The lowest BCUT2D eigenvalue weighted by Crippen LogP contribution is -2.53. The minimum Gasteiger partial charge on any atom is -0.354 e. The molecule has 2 aromatic carbocycles. The van der Waals surface area contributed by atoms with Gasteiger partial charge in [-0.2, -0.15) is 0 Å². The van der Waals surface area contributed by atoms with Crippen molar-refractivity contribution in [3.63, 3.8) is 0 Å². The maximum absolute atomic E-state index is 13.6. The predicted molar refractivity (Wildman–Crippen MR) is 143 cm³/mol. The molecule has 1 N–H and O–H groups in total. The molecule has 2 amide bonds. The van der Waals surface area contributed by atoms with E-state index in [9.17, 15) is 18.0 Å². The quantitative estimate of drug-likeness (QED) is 0.377. The number of nitrogens with zero attached hydrogens (tertiary/aromatic N) is 2. The van der Waals surface area contributed by atoms with Crippen LogP contribution >= 0.6 is 23.2 Å². The zero-order chi connectivity index (χ0) is 26.0. The molecule has 35 heavy (non-hydrogen) atoms. The van der Waals surface area contributed by atoms with Crippen molar-refractivity contribution < 1.29 is 18.0 Å². The summed E-state index contributed by atoms with van der Waals surface area (Å²) in [7, 11) is -3.85. The van der Waals surface area contributed by atoms with Gasteiger partial charge in [-0.3, -0.25) is 13.9 Å². The van der Waals surface area contributed by atoms with E-state index in [0.29, 0.717) is 19.4 Å². The molecule has 0 bridgehead atoms. The molecule has 0 aromatic heterocycles. The lowest BCUT2D eigenvalue weighted by molar-refractivity contribution is -0.139. The van der Waals surface area contributed by atoms with Crippen LogP contribution in [0.4, 0.5) is 5.69 Å². The second kappa shape index (κ2) is 13.7. The smallest absolute Gasteiger partial charge is 0.244 e. The van der Waals surface area contributed by atoms with Gasteiger partial charge in [0.1, 0.15) is 12.6 Å². The van der Waals surface area contributed by atoms with Crippen molar-refractivity contribution in [2.75, 3.05) is 30.2 Å². The lowest BCUT2D eigenvalue weighted by atomic mass is 10.1. The van der Waals surface area contributed by atoms with Crippen LogP contribution in [0, 0.1) is 0 Å². The molecule has 0 radical (unpaired) electrons. The molecule has 2 rings (SSSR count). The Morgan fingerprint density at radius 1 is 1.03 bits per heavy atom. The molecule has 0 spiro atoms. The molecule has 0 saturated carbocycles. The normalized spacial score (nSPS) is 12.1. The average molecular weight is 543 g/mol. The number of benzene rings is 2. The highest BCUT2D eigenvalue weighted by molar-refractivity contribution is 7.92. The number of nitrogens with one attached hydrogen (secondary N) is 1. The number of carbonyl (C=O) groups is 2. The third-order valence-electron chi connectivity index (χ3n) is 5.51. The fourth-order valence-corrected chi connectivity index (χ4v) is 5.05. The van der Waals surface area contributed by atoms with Gasteiger partial charge in [-0.05, 0) is 43.0 Å². The predicted octanol–water partition coefficient (Wildman–Crippen LogP) is 4.53. The topological polar surface area (TPSA) is 86.8 Å². The van der Waals surface area contributed by atoms with Crippen molar-refractivity contribution in [2.24, 2.45) is 0 Å². The number of halogens is 2. The van der Waals surface area contributed by atoms with Crippen LogP contribution in [-0.2, 0) is 26.0 Å². The second-order valence-corrected chi connectivity index (χ2v) is 11.1. The van der Waals surface area contributed by atoms with Crippen molar-refractivity contribution >= 4 is 50.7 Å². The van der Waals surface area contributed by atoms with Gasteiger partial charge in [0, 0.05) is 23.1 Å².